The number of hydrogen-bond acceptors (Lipinski definition) is 7. The number of rotatable bonds is 7. The molecule has 30 heavy (non-hydrogen) atoms. The number of likely N-dealkylation sites (tertiary alicyclic amines) is 2. The number of nitrogens with zero attached hydrogens (tertiary/aromatic N) is 2. The lowest BCUT2D eigenvalue weighted by molar-refractivity contribution is -0.161. The second-order valence-corrected chi connectivity index (χ2v) is 7.52. The number of primary amides is 1. The number of nitrogens with one attached hydrogen (secondary N) is 1. The van der Waals surface area contributed by atoms with Crippen molar-refractivity contribution in [3.63, 3.8) is 0 Å². The number of carbonyl (C=O) groups excluding carboxylic acids is 3. The van der Waals surface area contributed by atoms with Crippen molar-refractivity contribution in [1.82, 2.24) is 9.80 Å². The Balaban J connectivity index is 2.21. The number of carbonyl (C=O) groups is 4. The highest BCUT2D eigenvalue weighted by molar-refractivity contribution is 6.09. The van der Waals surface area contributed by atoms with E-state index in [2.05, 4.69) is 0 Å². The average molecular weight is 417 g/mol. The van der Waals surface area contributed by atoms with Crippen molar-refractivity contribution in [1.29, 1.82) is 5.41 Å². The summed E-state index contributed by atoms with van der Waals surface area (Å²) < 4.78 is 0. The van der Waals surface area contributed by atoms with Crippen LogP contribution < -0.4 is 11.5 Å². The lowest BCUT2D eigenvalue weighted by Gasteiger charge is -2.39. The smallest absolute Gasteiger partial charge is 0.327 e. The number of imide groups is 1. The first-order valence-corrected chi connectivity index (χ1v) is 9.23. The zero-order valence-corrected chi connectivity index (χ0v) is 16.2. The third-order valence-corrected chi connectivity index (χ3v) is 6.05. The van der Waals surface area contributed by atoms with Crippen molar-refractivity contribution < 1.29 is 29.4 Å². The van der Waals surface area contributed by atoms with E-state index in [1.807, 2.05) is 0 Å². The quantitative estimate of drug-likeness (QED) is 0.196. The van der Waals surface area contributed by atoms with Gasteiger partial charge in [-0.1, -0.05) is 24.3 Å². The Bertz CT molecular complexity index is 932. The van der Waals surface area contributed by atoms with Gasteiger partial charge in [-0.3, -0.25) is 34.4 Å². The van der Waals surface area contributed by atoms with E-state index < -0.39 is 53.7 Å². The lowest BCUT2D eigenvalue weighted by Crippen LogP contribution is -2.60. The van der Waals surface area contributed by atoms with Gasteiger partial charge in [0.05, 0.1) is 18.4 Å². The van der Waals surface area contributed by atoms with Crippen LogP contribution in [0.2, 0.25) is 0 Å². The molecule has 1 aromatic carbocycles. The maximum absolute atomic E-state index is 12.9. The number of carboxylic acids is 1. The molecule has 160 valence electrons. The lowest BCUT2D eigenvalue weighted by atomic mass is 9.79. The summed E-state index contributed by atoms with van der Waals surface area (Å²) in [5.74, 6) is -5.99. The van der Waals surface area contributed by atoms with Gasteiger partial charge in [0.25, 0.3) is 0 Å². The van der Waals surface area contributed by atoms with E-state index in [4.69, 9.17) is 16.9 Å². The molecule has 11 heteroatoms. The molecule has 4 unspecified atom stereocenters. The Morgan fingerprint density at radius 2 is 1.77 bits per heavy atom. The summed E-state index contributed by atoms with van der Waals surface area (Å²) in [5.41, 5.74) is 9.55. The molecule has 2 fully saturated rings. The molecule has 2 aliphatic heterocycles. The van der Waals surface area contributed by atoms with E-state index >= 15 is 0 Å². The predicted octanol–water partition coefficient (Wildman–Crippen LogP) is -1.75. The van der Waals surface area contributed by atoms with Crippen LogP contribution in [0.1, 0.15) is 23.6 Å². The van der Waals surface area contributed by atoms with Crippen LogP contribution in [0, 0.1) is 17.2 Å². The second-order valence-electron chi connectivity index (χ2n) is 7.52. The van der Waals surface area contributed by atoms with E-state index in [0.717, 1.165) is 4.90 Å². The van der Waals surface area contributed by atoms with Crippen molar-refractivity contribution in [3.05, 3.63) is 35.4 Å². The van der Waals surface area contributed by atoms with E-state index in [-0.39, 0.29) is 18.8 Å². The molecule has 0 spiro atoms. The molecule has 2 aliphatic rings. The Labute approximate surface area is 171 Å². The number of fused-ring (bicyclic) bond motifs is 1. The van der Waals surface area contributed by atoms with E-state index in [9.17, 15) is 29.4 Å². The minimum Gasteiger partial charge on any atom is -0.480 e. The molecule has 3 amide bonds. The van der Waals surface area contributed by atoms with Gasteiger partial charge in [0.1, 0.15) is 5.84 Å². The number of aliphatic hydroxyl groups is 1. The van der Waals surface area contributed by atoms with Gasteiger partial charge in [0.15, 0.2) is 5.54 Å². The molecule has 3 rings (SSSR count). The summed E-state index contributed by atoms with van der Waals surface area (Å²) >= 11 is 0. The largest absolute Gasteiger partial charge is 0.480 e. The van der Waals surface area contributed by atoms with Crippen LogP contribution >= 0.6 is 0 Å². The van der Waals surface area contributed by atoms with Gasteiger partial charge in [-0.2, -0.15) is 0 Å². The maximum Gasteiger partial charge on any atom is 0.327 e. The van der Waals surface area contributed by atoms with E-state index in [0.29, 0.717) is 11.1 Å². The summed E-state index contributed by atoms with van der Waals surface area (Å²) in [6, 6.07) is 5.36. The van der Waals surface area contributed by atoms with Crippen LogP contribution in [-0.2, 0) is 19.2 Å². The van der Waals surface area contributed by atoms with Crippen LogP contribution in [0.25, 0.3) is 0 Å². The highest BCUT2D eigenvalue weighted by Gasteiger charge is 2.71. The van der Waals surface area contributed by atoms with Crippen molar-refractivity contribution >= 4 is 29.5 Å². The molecule has 2 saturated heterocycles. The molecule has 1 aromatic rings. The molecular weight excluding hydrogens is 394 g/mol. The minimum atomic E-state index is -2.10. The van der Waals surface area contributed by atoms with Gasteiger partial charge >= 0.3 is 5.97 Å². The predicted molar refractivity (Wildman–Crippen MR) is 103 cm³/mol. The zero-order valence-electron chi connectivity index (χ0n) is 16.2. The van der Waals surface area contributed by atoms with Crippen LogP contribution in [0.3, 0.4) is 0 Å². The molecule has 11 nitrogen and oxygen atoms in total. The Morgan fingerprint density at radius 3 is 2.23 bits per heavy atom. The topological polar surface area (TPSA) is 191 Å². The van der Waals surface area contributed by atoms with E-state index in [1.54, 1.807) is 24.3 Å². The summed E-state index contributed by atoms with van der Waals surface area (Å²) in [7, 11) is 1.27. The number of benzene rings is 1. The molecule has 0 saturated carbocycles. The normalized spacial score (nSPS) is 28.6. The van der Waals surface area contributed by atoms with Gasteiger partial charge in [0.2, 0.25) is 17.7 Å². The van der Waals surface area contributed by atoms with Gasteiger partial charge in [-0.15, -0.1) is 0 Å². The highest BCUT2D eigenvalue weighted by atomic mass is 16.4. The number of nitrogen functional groups attached to an aromatic ring is 1. The van der Waals surface area contributed by atoms with Crippen molar-refractivity contribution in [2.45, 2.75) is 18.0 Å². The highest BCUT2D eigenvalue weighted by Crippen LogP contribution is 2.54. The van der Waals surface area contributed by atoms with Crippen molar-refractivity contribution in [2.24, 2.45) is 23.3 Å². The van der Waals surface area contributed by atoms with Crippen molar-refractivity contribution in [2.75, 3.05) is 20.2 Å². The fourth-order valence-electron chi connectivity index (χ4n) is 4.61. The fraction of sp³-hybridized carbons (Fsp3) is 0.421. The Hall–Kier alpha value is -3.31. The van der Waals surface area contributed by atoms with Crippen LogP contribution in [0.4, 0.5) is 0 Å². The van der Waals surface area contributed by atoms with Gasteiger partial charge < -0.3 is 21.7 Å². The second kappa shape index (κ2) is 7.50. The minimum absolute atomic E-state index is 0.168. The number of amides is 3. The number of carboxylic acid groups (broad SMARTS) is 1. The van der Waals surface area contributed by atoms with Crippen LogP contribution in [0.5, 0.6) is 0 Å². The zero-order chi connectivity index (χ0) is 22.4. The SMILES string of the molecule is CN1C(=O)C2C(c3ccc(C(=N)N)cc3)N(CCC(N)=O)C(CO)(C(=O)O)C2C1=O. The Morgan fingerprint density at radius 1 is 1.17 bits per heavy atom. The molecule has 4 atom stereocenters. The van der Waals surface area contributed by atoms with Crippen LogP contribution in [-0.4, -0.2) is 75.3 Å². The number of aliphatic carboxylic acids is 1. The number of hydrogen-bond donors (Lipinski definition) is 5. The first-order valence-electron chi connectivity index (χ1n) is 9.23. The molecule has 0 radical (unpaired) electrons. The third kappa shape index (κ3) is 2.94. The number of nitrogens with two attached hydrogens (primary N) is 2. The van der Waals surface area contributed by atoms with Crippen molar-refractivity contribution in [3.8, 4) is 0 Å². The molecular formula is C19H23N5O6. The summed E-state index contributed by atoms with van der Waals surface area (Å²) in [6.45, 7) is -1.10. The molecule has 2 heterocycles. The monoisotopic (exact) mass is 417 g/mol. The Kier molecular flexibility index (Phi) is 5.35. The van der Waals surface area contributed by atoms with E-state index in [1.165, 1.54) is 11.9 Å². The number of aliphatic hydroxyl groups excluding tert-OH is 1. The average Bonchev–Trinajstić information content (AvgIpc) is 3.12. The molecule has 0 bridgehead atoms. The first kappa shape index (κ1) is 21.4. The molecule has 0 aromatic heterocycles. The molecule has 0 aliphatic carbocycles. The van der Waals surface area contributed by atoms with Gasteiger partial charge in [0, 0.05) is 31.6 Å². The summed E-state index contributed by atoms with van der Waals surface area (Å²) in [4.78, 5) is 51.8. The standard InChI is InChI=1S/C19H23N5O6/c1-23-16(27)12-13(17(23)28)19(8-25,18(29)30)24(7-6-11(20)26)14(12)9-2-4-10(5-3-9)15(21)22/h2-5,12-14,25H,6-8H2,1H3,(H2,20,26)(H3,21,22)(H,29,30). The van der Waals surface area contributed by atoms with Gasteiger partial charge in [-0.25, -0.2) is 0 Å². The maximum atomic E-state index is 12.9. The summed E-state index contributed by atoms with van der Waals surface area (Å²) in [5, 5.41) is 27.8. The fourth-order valence-corrected chi connectivity index (χ4v) is 4.61. The van der Waals surface area contributed by atoms with Gasteiger partial charge in [-0.05, 0) is 5.56 Å². The third-order valence-electron chi connectivity index (χ3n) is 6.05. The number of amidine groups is 1. The first-order chi connectivity index (χ1) is 14.1. The molecule has 7 N–H and O–H groups in total. The summed E-state index contributed by atoms with van der Waals surface area (Å²) in [6.07, 6.45) is -0.227. The van der Waals surface area contributed by atoms with Crippen LogP contribution in [0.15, 0.2) is 24.3 Å².